The number of hydrogen-bond donors (Lipinski definition) is 1. The Morgan fingerprint density at radius 3 is 2.84 bits per heavy atom. The second kappa shape index (κ2) is 8.93. The summed E-state index contributed by atoms with van der Waals surface area (Å²) in [4.78, 5) is 11.0. The number of ether oxygens (including phenoxy) is 2. The summed E-state index contributed by atoms with van der Waals surface area (Å²) >= 11 is 3.46. The maximum absolute atomic E-state index is 11.0. The van der Waals surface area contributed by atoms with Gasteiger partial charge in [-0.25, -0.2) is 4.79 Å². The Labute approximate surface area is 122 Å². The molecule has 0 spiro atoms. The molecule has 106 valence electrons. The minimum absolute atomic E-state index is 0.0104. The number of esters is 1. The molecule has 0 aromatic heterocycles. The van der Waals surface area contributed by atoms with E-state index in [1.807, 2.05) is 12.1 Å². The third-order valence-electron chi connectivity index (χ3n) is 2.54. The number of hydrogen-bond acceptors (Lipinski definition) is 4. The molecule has 0 bridgehead atoms. The van der Waals surface area contributed by atoms with E-state index < -0.39 is 0 Å². The molecule has 0 atom stereocenters. The number of carbonyl (C=O) groups excluding carboxylic acids is 1. The van der Waals surface area contributed by atoms with Crippen LogP contribution < -0.4 is 5.32 Å². The number of benzene rings is 1. The first-order chi connectivity index (χ1) is 9.17. The molecule has 1 aromatic rings. The van der Waals surface area contributed by atoms with Crippen LogP contribution in [0.5, 0.6) is 0 Å². The summed E-state index contributed by atoms with van der Waals surface area (Å²) in [6.07, 6.45) is 0.964. The molecule has 0 saturated heterocycles. The fourth-order valence-corrected chi connectivity index (χ4v) is 2.05. The number of halogens is 1. The summed E-state index contributed by atoms with van der Waals surface area (Å²) in [7, 11) is 0. The molecule has 1 rings (SSSR count). The second-order valence-corrected chi connectivity index (χ2v) is 4.86. The second-order valence-electron chi connectivity index (χ2n) is 3.94. The SMILES string of the molecule is CCOC(=O)COCCNc1ccc(Br)cc1CC. The highest BCUT2D eigenvalue weighted by Gasteiger charge is 2.02. The van der Waals surface area contributed by atoms with Crippen LogP contribution >= 0.6 is 15.9 Å². The van der Waals surface area contributed by atoms with Crippen LogP contribution in [0.2, 0.25) is 0 Å². The molecule has 0 saturated carbocycles. The Kier molecular flexibility index (Phi) is 7.52. The smallest absolute Gasteiger partial charge is 0.332 e. The van der Waals surface area contributed by atoms with Crippen LogP contribution in [-0.4, -0.2) is 32.3 Å². The first-order valence-corrected chi connectivity index (χ1v) is 7.22. The van der Waals surface area contributed by atoms with E-state index in [-0.39, 0.29) is 12.6 Å². The van der Waals surface area contributed by atoms with Crippen molar-refractivity contribution in [1.82, 2.24) is 0 Å². The first-order valence-electron chi connectivity index (χ1n) is 6.43. The topological polar surface area (TPSA) is 47.6 Å². The lowest BCUT2D eigenvalue weighted by molar-refractivity contribution is -0.148. The predicted octanol–water partition coefficient (Wildman–Crippen LogP) is 3.00. The third kappa shape index (κ3) is 6.07. The van der Waals surface area contributed by atoms with Crippen molar-refractivity contribution < 1.29 is 14.3 Å². The molecule has 1 aromatic carbocycles. The van der Waals surface area contributed by atoms with Crippen molar-refractivity contribution in [2.75, 3.05) is 31.7 Å². The van der Waals surface area contributed by atoms with Gasteiger partial charge in [0.15, 0.2) is 0 Å². The molecule has 19 heavy (non-hydrogen) atoms. The normalized spacial score (nSPS) is 10.3. The van der Waals surface area contributed by atoms with Crippen molar-refractivity contribution in [3.8, 4) is 0 Å². The van der Waals surface area contributed by atoms with Gasteiger partial charge in [0, 0.05) is 16.7 Å². The minimum atomic E-state index is -0.319. The van der Waals surface area contributed by atoms with Gasteiger partial charge >= 0.3 is 5.97 Å². The molecule has 0 aliphatic carbocycles. The van der Waals surface area contributed by atoms with E-state index in [1.165, 1.54) is 5.56 Å². The lowest BCUT2D eigenvalue weighted by Gasteiger charge is -2.11. The summed E-state index contributed by atoms with van der Waals surface area (Å²) in [5, 5.41) is 3.30. The van der Waals surface area contributed by atoms with Gasteiger partial charge in [-0.3, -0.25) is 0 Å². The van der Waals surface area contributed by atoms with Crippen LogP contribution in [0, 0.1) is 0 Å². The highest BCUT2D eigenvalue weighted by atomic mass is 79.9. The standard InChI is InChI=1S/C14H20BrNO3/c1-3-11-9-12(15)5-6-13(11)16-7-8-18-10-14(17)19-4-2/h5-6,9,16H,3-4,7-8,10H2,1-2H3. The molecule has 0 unspecified atom stereocenters. The van der Waals surface area contributed by atoms with Gasteiger partial charge in [-0.15, -0.1) is 0 Å². The number of aryl methyl sites for hydroxylation is 1. The molecule has 0 aliphatic heterocycles. The average molecular weight is 330 g/mol. The van der Waals surface area contributed by atoms with Gasteiger partial charge in [0.2, 0.25) is 0 Å². The fraction of sp³-hybridized carbons (Fsp3) is 0.500. The minimum Gasteiger partial charge on any atom is -0.464 e. The Balaban J connectivity index is 2.28. The lowest BCUT2D eigenvalue weighted by atomic mass is 10.1. The Morgan fingerprint density at radius 2 is 2.16 bits per heavy atom. The molecular formula is C14H20BrNO3. The van der Waals surface area contributed by atoms with Gasteiger partial charge in [-0.1, -0.05) is 22.9 Å². The van der Waals surface area contributed by atoms with Gasteiger partial charge in [0.25, 0.3) is 0 Å². The summed E-state index contributed by atoms with van der Waals surface area (Å²) in [6.45, 7) is 5.42. The summed E-state index contributed by atoms with van der Waals surface area (Å²) in [6, 6.07) is 6.14. The number of carbonyl (C=O) groups is 1. The highest BCUT2D eigenvalue weighted by molar-refractivity contribution is 9.10. The van der Waals surface area contributed by atoms with Crippen LogP contribution in [0.4, 0.5) is 5.69 Å². The van der Waals surface area contributed by atoms with Crippen molar-refractivity contribution >= 4 is 27.6 Å². The van der Waals surface area contributed by atoms with Crippen LogP contribution in [-0.2, 0) is 20.7 Å². The van der Waals surface area contributed by atoms with Gasteiger partial charge in [-0.05, 0) is 37.1 Å². The van der Waals surface area contributed by atoms with E-state index in [0.717, 1.165) is 16.6 Å². The predicted molar refractivity (Wildman–Crippen MR) is 79.5 cm³/mol. The molecule has 1 N–H and O–H groups in total. The van der Waals surface area contributed by atoms with E-state index in [1.54, 1.807) is 6.92 Å². The van der Waals surface area contributed by atoms with Crippen LogP contribution in [0.25, 0.3) is 0 Å². The molecule has 4 nitrogen and oxygen atoms in total. The van der Waals surface area contributed by atoms with Crippen LogP contribution in [0.15, 0.2) is 22.7 Å². The molecule has 0 fully saturated rings. The van der Waals surface area contributed by atoms with Gasteiger partial charge in [-0.2, -0.15) is 0 Å². The summed E-state index contributed by atoms with van der Waals surface area (Å²) in [5.74, 6) is -0.319. The lowest BCUT2D eigenvalue weighted by Crippen LogP contribution is -2.17. The maximum Gasteiger partial charge on any atom is 0.332 e. The summed E-state index contributed by atoms with van der Waals surface area (Å²) in [5.41, 5.74) is 2.35. The zero-order chi connectivity index (χ0) is 14.1. The Morgan fingerprint density at radius 1 is 1.37 bits per heavy atom. The Bertz CT molecular complexity index is 410. The van der Waals surface area contributed by atoms with Crippen molar-refractivity contribution in [3.05, 3.63) is 28.2 Å². The number of nitrogens with one attached hydrogen (secondary N) is 1. The van der Waals surface area contributed by atoms with Crippen molar-refractivity contribution in [3.63, 3.8) is 0 Å². The van der Waals surface area contributed by atoms with E-state index in [0.29, 0.717) is 19.8 Å². The summed E-state index contributed by atoms with van der Waals surface area (Å²) < 4.78 is 11.1. The van der Waals surface area contributed by atoms with E-state index in [4.69, 9.17) is 9.47 Å². The van der Waals surface area contributed by atoms with Crippen molar-refractivity contribution in [1.29, 1.82) is 0 Å². The highest BCUT2D eigenvalue weighted by Crippen LogP contribution is 2.21. The van der Waals surface area contributed by atoms with E-state index in [9.17, 15) is 4.79 Å². The number of rotatable bonds is 8. The zero-order valence-electron chi connectivity index (χ0n) is 11.4. The van der Waals surface area contributed by atoms with Crippen LogP contribution in [0.3, 0.4) is 0 Å². The monoisotopic (exact) mass is 329 g/mol. The van der Waals surface area contributed by atoms with Gasteiger partial charge in [0.05, 0.1) is 13.2 Å². The molecule has 0 radical (unpaired) electrons. The molecule has 0 heterocycles. The van der Waals surface area contributed by atoms with Crippen molar-refractivity contribution in [2.45, 2.75) is 20.3 Å². The van der Waals surface area contributed by atoms with Crippen LogP contribution in [0.1, 0.15) is 19.4 Å². The average Bonchev–Trinajstić information content (AvgIpc) is 2.40. The van der Waals surface area contributed by atoms with Gasteiger partial charge < -0.3 is 14.8 Å². The largest absolute Gasteiger partial charge is 0.464 e. The molecule has 0 amide bonds. The quantitative estimate of drug-likeness (QED) is 0.588. The van der Waals surface area contributed by atoms with E-state index >= 15 is 0 Å². The molecule has 5 heteroatoms. The first kappa shape index (κ1) is 16.0. The molecular weight excluding hydrogens is 310 g/mol. The maximum atomic E-state index is 11.0. The molecule has 0 aliphatic rings. The Hall–Kier alpha value is -1.07. The fourth-order valence-electron chi connectivity index (χ4n) is 1.64. The number of anilines is 1. The zero-order valence-corrected chi connectivity index (χ0v) is 13.0. The van der Waals surface area contributed by atoms with E-state index in [2.05, 4.69) is 34.2 Å². The van der Waals surface area contributed by atoms with Crippen molar-refractivity contribution in [2.24, 2.45) is 0 Å². The van der Waals surface area contributed by atoms with Gasteiger partial charge in [0.1, 0.15) is 6.61 Å². The third-order valence-corrected chi connectivity index (χ3v) is 3.03.